The molecule has 1 aliphatic heterocycles. The summed E-state index contributed by atoms with van der Waals surface area (Å²) >= 11 is 0. The summed E-state index contributed by atoms with van der Waals surface area (Å²) in [6.45, 7) is 11.6. The predicted molar refractivity (Wildman–Crippen MR) is 110 cm³/mol. The molecule has 9 heteroatoms. The summed E-state index contributed by atoms with van der Waals surface area (Å²) in [5.41, 5.74) is -0.829. The highest BCUT2D eigenvalue weighted by molar-refractivity contribution is 5.85. The highest BCUT2D eigenvalue weighted by Crippen LogP contribution is 2.21. The molecule has 1 aliphatic rings. The second-order valence-corrected chi connectivity index (χ2v) is 9.12. The van der Waals surface area contributed by atoms with E-state index >= 15 is 0 Å². The fourth-order valence-electron chi connectivity index (χ4n) is 3.78. The van der Waals surface area contributed by atoms with Gasteiger partial charge in [0, 0.05) is 32.6 Å². The van der Waals surface area contributed by atoms with Crippen LogP contribution in [0.25, 0.3) is 11.2 Å². The van der Waals surface area contributed by atoms with Crippen molar-refractivity contribution < 1.29 is 9.53 Å². The number of ether oxygens (including phenoxy) is 1. The van der Waals surface area contributed by atoms with E-state index in [4.69, 9.17) is 4.74 Å². The van der Waals surface area contributed by atoms with Crippen LogP contribution in [0, 0.1) is 5.41 Å². The minimum atomic E-state index is -0.554. The fraction of sp³-hybridized carbons (Fsp3) is 0.700. The zero-order valence-corrected chi connectivity index (χ0v) is 18.4. The Morgan fingerprint density at radius 2 is 1.69 bits per heavy atom. The number of carbonyl (C=O) groups excluding carboxylic acids is 1. The third-order valence-electron chi connectivity index (χ3n) is 5.43. The van der Waals surface area contributed by atoms with Crippen LogP contribution < -0.4 is 11.2 Å². The lowest BCUT2D eigenvalue weighted by molar-refractivity contribution is -0.126. The van der Waals surface area contributed by atoms with Crippen molar-refractivity contribution in [3.05, 3.63) is 26.7 Å². The van der Waals surface area contributed by atoms with E-state index in [1.54, 1.807) is 11.6 Å². The number of morpholine rings is 1. The monoisotopic (exact) mass is 405 g/mol. The Kier molecular flexibility index (Phi) is 5.57. The van der Waals surface area contributed by atoms with Crippen LogP contribution >= 0.6 is 0 Å². The number of hydrogen-bond donors (Lipinski definition) is 0. The number of nitrogens with zero attached hydrogens (tertiary/aromatic N) is 5. The van der Waals surface area contributed by atoms with Crippen molar-refractivity contribution in [2.24, 2.45) is 19.5 Å². The molecule has 3 heterocycles. The first-order valence-corrected chi connectivity index (χ1v) is 9.96. The summed E-state index contributed by atoms with van der Waals surface area (Å²) in [4.78, 5) is 44.9. The summed E-state index contributed by atoms with van der Waals surface area (Å²) in [5, 5.41) is 0. The number of imidazole rings is 1. The van der Waals surface area contributed by atoms with Gasteiger partial charge in [-0.25, -0.2) is 9.78 Å². The molecule has 3 rings (SSSR count). The maximum atomic E-state index is 12.9. The van der Waals surface area contributed by atoms with E-state index in [2.05, 4.69) is 9.88 Å². The minimum absolute atomic E-state index is 0.00216. The molecule has 29 heavy (non-hydrogen) atoms. The molecule has 0 unspecified atom stereocenters. The van der Waals surface area contributed by atoms with Gasteiger partial charge in [0.15, 0.2) is 16.9 Å². The molecule has 0 aliphatic carbocycles. The molecule has 2 aromatic heterocycles. The number of rotatable bonds is 4. The molecule has 0 spiro atoms. The normalized spacial score (nSPS) is 21.1. The van der Waals surface area contributed by atoms with Gasteiger partial charge in [0.2, 0.25) is 0 Å². The third kappa shape index (κ3) is 4.06. The van der Waals surface area contributed by atoms with Gasteiger partial charge in [-0.05, 0) is 13.8 Å². The largest absolute Gasteiger partial charge is 0.373 e. The highest BCUT2D eigenvalue weighted by Gasteiger charge is 2.28. The molecule has 9 nitrogen and oxygen atoms in total. The summed E-state index contributed by atoms with van der Waals surface area (Å²) in [5.74, 6) is 0.606. The molecule has 0 radical (unpaired) electrons. The zero-order chi connectivity index (χ0) is 21.7. The van der Waals surface area contributed by atoms with Gasteiger partial charge in [0.1, 0.15) is 5.82 Å². The SMILES string of the molecule is C[C@H]1CN(Cc2nc3c(c(=O)n(C)c(=O)n3C)n2CC(=O)C(C)(C)C)C[C@H](C)O1. The molecular weight excluding hydrogens is 374 g/mol. The van der Waals surface area contributed by atoms with Crippen molar-refractivity contribution in [3.8, 4) is 0 Å². The van der Waals surface area contributed by atoms with Gasteiger partial charge in [0.25, 0.3) is 5.56 Å². The maximum absolute atomic E-state index is 12.9. The van der Waals surface area contributed by atoms with Crippen LogP contribution in [0.3, 0.4) is 0 Å². The maximum Gasteiger partial charge on any atom is 0.332 e. The predicted octanol–water partition coefficient (Wildman–Crippen LogP) is 0.658. The molecule has 2 atom stereocenters. The summed E-state index contributed by atoms with van der Waals surface area (Å²) < 4.78 is 9.91. The molecule has 160 valence electrons. The quantitative estimate of drug-likeness (QED) is 0.742. The van der Waals surface area contributed by atoms with E-state index in [0.717, 1.165) is 17.7 Å². The van der Waals surface area contributed by atoms with Crippen LogP contribution in [-0.4, -0.2) is 54.7 Å². The number of carbonyl (C=O) groups is 1. The first kappa shape index (κ1) is 21.4. The number of aromatic nitrogens is 4. The van der Waals surface area contributed by atoms with E-state index in [-0.39, 0.29) is 30.1 Å². The van der Waals surface area contributed by atoms with Gasteiger partial charge in [-0.3, -0.25) is 23.6 Å². The van der Waals surface area contributed by atoms with Crippen molar-refractivity contribution in [1.82, 2.24) is 23.6 Å². The Labute approximate surface area is 169 Å². The number of fused-ring (bicyclic) bond motifs is 1. The molecule has 0 bridgehead atoms. The summed E-state index contributed by atoms with van der Waals surface area (Å²) in [6, 6.07) is 0. The van der Waals surface area contributed by atoms with Gasteiger partial charge in [-0.15, -0.1) is 0 Å². The number of Topliss-reactive ketones (excluding diaryl/α,β-unsaturated/α-hetero) is 1. The highest BCUT2D eigenvalue weighted by atomic mass is 16.5. The van der Waals surface area contributed by atoms with Crippen LogP contribution in [0.15, 0.2) is 9.59 Å². The summed E-state index contributed by atoms with van der Waals surface area (Å²) in [6.07, 6.45) is 0.176. The Morgan fingerprint density at radius 3 is 2.24 bits per heavy atom. The molecule has 2 aromatic rings. The van der Waals surface area contributed by atoms with Crippen LogP contribution in [0.1, 0.15) is 40.4 Å². The summed E-state index contributed by atoms with van der Waals surface area (Å²) in [7, 11) is 3.04. The Hall–Kier alpha value is -2.26. The van der Waals surface area contributed by atoms with Gasteiger partial charge in [-0.2, -0.15) is 0 Å². The molecule has 0 saturated carbocycles. The molecule has 0 amide bonds. The fourth-order valence-corrected chi connectivity index (χ4v) is 3.78. The van der Waals surface area contributed by atoms with Crippen molar-refractivity contribution in [3.63, 3.8) is 0 Å². The lowest BCUT2D eigenvalue weighted by Gasteiger charge is -2.35. The Balaban J connectivity index is 2.15. The van der Waals surface area contributed by atoms with Crippen LogP contribution in [0.2, 0.25) is 0 Å². The lowest BCUT2D eigenvalue weighted by atomic mass is 9.91. The van der Waals surface area contributed by atoms with Crippen LogP contribution in [0.4, 0.5) is 0 Å². The zero-order valence-electron chi connectivity index (χ0n) is 18.4. The molecule has 0 N–H and O–H groups in total. The first-order valence-electron chi connectivity index (χ1n) is 9.96. The number of hydrogen-bond acceptors (Lipinski definition) is 6. The minimum Gasteiger partial charge on any atom is -0.373 e. The number of ketones is 1. The average molecular weight is 405 g/mol. The van der Waals surface area contributed by atoms with Crippen LogP contribution in [-0.2, 0) is 36.7 Å². The van der Waals surface area contributed by atoms with E-state index in [1.165, 1.54) is 11.6 Å². The van der Waals surface area contributed by atoms with Gasteiger partial charge in [-0.1, -0.05) is 20.8 Å². The molecule has 1 saturated heterocycles. The second-order valence-electron chi connectivity index (χ2n) is 9.12. The van der Waals surface area contributed by atoms with Crippen molar-refractivity contribution in [1.29, 1.82) is 0 Å². The standard InChI is InChI=1S/C20H31N5O4/c1-12-8-24(9-13(2)29-12)11-15-21-17-16(18(27)23(7)19(28)22(17)6)25(15)10-14(26)20(3,4)5/h12-13H,8-11H2,1-7H3/t12-,13-/m0/s1. The van der Waals surface area contributed by atoms with Crippen molar-refractivity contribution in [2.75, 3.05) is 13.1 Å². The van der Waals surface area contributed by atoms with Crippen molar-refractivity contribution >= 4 is 16.9 Å². The van der Waals surface area contributed by atoms with Gasteiger partial charge in [0.05, 0.1) is 25.3 Å². The lowest BCUT2D eigenvalue weighted by Crippen LogP contribution is -2.45. The van der Waals surface area contributed by atoms with Gasteiger partial charge < -0.3 is 9.30 Å². The average Bonchev–Trinajstić information content (AvgIpc) is 2.94. The van der Waals surface area contributed by atoms with E-state index in [1.807, 2.05) is 34.6 Å². The Morgan fingerprint density at radius 1 is 1.10 bits per heavy atom. The second kappa shape index (κ2) is 7.53. The van der Waals surface area contributed by atoms with Crippen LogP contribution in [0.5, 0.6) is 0 Å². The smallest absolute Gasteiger partial charge is 0.332 e. The molecular formula is C20H31N5O4. The molecule has 0 aromatic carbocycles. The van der Waals surface area contributed by atoms with E-state index in [9.17, 15) is 14.4 Å². The van der Waals surface area contributed by atoms with E-state index < -0.39 is 16.7 Å². The third-order valence-corrected chi connectivity index (χ3v) is 5.43. The Bertz CT molecular complexity index is 1050. The van der Waals surface area contributed by atoms with Crippen molar-refractivity contribution in [2.45, 2.75) is 59.9 Å². The topological polar surface area (TPSA) is 91.4 Å². The number of aryl methyl sites for hydroxylation is 1. The first-order chi connectivity index (χ1) is 13.4. The van der Waals surface area contributed by atoms with E-state index in [0.29, 0.717) is 18.0 Å². The molecule has 1 fully saturated rings. The van der Waals surface area contributed by atoms with Gasteiger partial charge >= 0.3 is 5.69 Å².